The standard InChI is InChI=1S/C15H22INO/c1-3-4-5-6-8-12(2)17-15(18)13-9-7-10-14(16)11-13/h7,9-12H,3-6,8H2,1-2H3,(H,17,18). The van der Waals surface area contributed by atoms with Gasteiger partial charge in [0.25, 0.3) is 5.91 Å². The summed E-state index contributed by atoms with van der Waals surface area (Å²) >= 11 is 2.22. The van der Waals surface area contributed by atoms with Crippen molar-refractivity contribution in [2.24, 2.45) is 0 Å². The van der Waals surface area contributed by atoms with Crippen LogP contribution in [0.15, 0.2) is 24.3 Å². The Kier molecular flexibility index (Phi) is 7.32. The fourth-order valence-electron chi connectivity index (χ4n) is 1.89. The van der Waals surface area contributed by atoms with E-state index in [0.717, 1.165) is 15.6 Å². The number of hydrogen-bond acceptors (Lipinski definition) is 1. The molecule has 1 aromatic carbocycles. The largest absolute Gasteiger partial charge is 0.350 e. The molecule has 18 heavy (non-hydrogen) atoms. The SMILES string of the molecule is CCCCCCC(C)NC(=O)c1cccc(I)c1. The van der Waals surface area contributed by atoms with Crippen LogP contribution in [0.25, 0.3) is 0 Å². The second-order valence-corrected chi connectivity index (χ2v) is 5.98. The van der Waals surface area contributed by atoms with Gasteiger partial charge in [-0.2, -0.15) is 0 Å². The molecule has 1 N–H and O–H groups in total. The summed E-state index contributed by atoms with van der Waals surface area (Å²) in [6.45, 7) is 4.29. The summed E-state index contributed by atoms with van der Waals surface area (Å²) in [5, 5.41) is 3.06. The zero-order valence-corrected chi connectivity index (χ0v) is 13.4. The second-order valence-electron chi connectivity index (χ2n) is 4.73. The summed E-state index contributed by atoms with van der Waals surface area (Å²) in [6, 6.07) is 7.95. The van der Waals surface area contributed by atoms with Crippen molar-refractivity contribution in [3.8, 4) is 0 Å². The van der Waals surface area contributed by atoms with Gasteiger partial charge in [-0.25, -0.2) is 0 Å². The minimum absolute atomic E-state index is 0.0384. The van der Waals surface area contributed by atoms with Gasteiger partial charge in [-0.1, -0.05) is 38.7 Å². The average Bonchev–Trinajstić information content (AvgIpc) is 2.34. The lowest BCUT2D eigenvalue weighted by Gasteiger charge is -2.13. The fourth-order valence-corrected chi connectivity index (χ4v) is 2.43. The molecular formula is C15H22INO. The molecule has 2 nitrogen and oxygen atoms in total. The maximum atomic E-state index is 12.0. The van der Waals surface area contributed by atoms with E-state index in [1.807, 2.05) is 24.3 Å². The van der Waals surface area contributed by atoms with Gasteiger partial charge in [-0.15, -0.1) is 0 Å². The summed E-state index contributed by atoms with van der Waals surface area (Å²) in [6.07, 6.45) is 6.07. The minimum atomic E-state index is 0.0384. The normalized spacial score (nSPS) is 12.2. The third-order valence-electron chi connectivity index (χ3n) is 2.95. The van der Waals surface area contributed by atoms with E-state index in [1.165, 1.54) is 25.7 Å². The number of unbranched alkanes of at least 4 members (excludes halogenated alkanes) is 3. The second kappa shape index (κ2) is 8.51. The molecule has 0 aromatic heterocycles. The van der Waals surface area contributed by atoms with Crippen LogP contribution in [0, 0.1) is 3.57 Å². The molecule has 0 spiro atoms. The van der Waals surface area contributed by atoms with Crippen LogP contribution < -0.4 is 5.32 Å². The zero-order chi connectivity index (χ0) is 13.4. The van der Waals surface area contributed by atoms with Crippen LogP contribution in [0.5, 0.6) is 0 Å². The van der Waals surface area contributed by atoms with Gasteiger partial charge >= 0.3 is 0 Å². The Balaban J connectivity index is 2.35. The van der Waals surface area contributed by atoms with E-state index in [0.29, 0.717) is 0 Å². The van der Waals surface area contributed by atoms with Gasteiger partial charge in [0.1, 0.15) is 0 Å². The van der Waals surface area contributed by atoms with Crippen LogP contribution in [-0.4, -0.2) is 11.9 Å². The predicted molar refractivity (Wildman–Crippen MR) is 84.8 cm³/mol. The summed E-state index contributed by atoms with van der Waals surface area (Å²) in [5.74, 6) is 0.0384. The summed E-state index contributed by atoms with van der Waals surface area (Å²) in [7, 11) is 0. The molecular weight excluding hydrogens is 337 g/mol. The van der Waals surface area contributed by atoms with Gasteiger partial charge in [-0.3, -0.25) is 4.79 Å². The number of benzene rings is 1. The van der Waals surface area contributed by atoms with Crippen molar-refractivity contribution in [3.63, 3.8) is 0 Å². The van der Waals surface area contributed by atoms with Crippen molar-refractivity contribution >= 4 is 28.5 Å². The first-order chi connectivity index (χ1) is 8.63. The van der Waals surface area contributed by atoms with E-state index >= 15 is 0 Å². The first kappa shape index (κ1) is 15.5. The topological polar surface area (TPSA) is 29.1 Å². The van der Waals surface area contributed by atoms with Crippen LogP contribution in [0.4, 0.5) is 0 Å². The molecule has 1 rings (SSSR count). The Morgan fingerprint density at radius 1 is 1.33 bits per heavy atom. The van der Waals surface area contributed by atoms with Crippen LogP contribution in [0.1, 0.15) is 56.3 Å². The van der Waals surface area contributed by atoms with Crippen LogP contribution in [0.2, 0.25) is 0 Å². The lowest BCUT2D eigenvalue weighted by Crippen LogP contribution is -2.32. The average molecular weight is 359 g/mol. The summed E-state index contributed by atoms with van der Waals surface area (Å²) < 4.78 is 1.09. The third kappa shape index (κ3) is 5.85. The van der Waals surface area contributed by atoms with Gasteiger partial charge in [0, 0.05) is 15.2 Å². The van der Waals surface area contributed by atoms with Gasteiger partial charge in [0.2, 0.25) is 0 Å². The molecule has 0 radical (unpaired) electrons. The van der Waals surface area contributed by atoms with E-state index in [1.54, 1.807) is 0 Å². The minimum Gasteiger partial charge on any atom is -0.350 e. The zero-order valence-electron chi connectivity index (χ0n) is 11.2. The smallest absolute Gasteiger partial charge is 0.251 e. The van der Waals surface area contributed by atoms with Gasteiger partial charge in [-0.05, 0) is 54.1 Å². The molecule has 3 heteroatoms. The molecule has 0 saturated carbocycles. The molecule has 0 aliphatic rings. The monoisotopic (exact) mass is 359 g/mol. The Morgan fingerprint density at radius 3 is 2.78 bits per heavy atom. The van der Waals surface area contributed by atoms with Gasteiger partial charge in [0.15, 0.2) is 0 Å². The van der Waals surface area contributed by atoms with E-state index in [2.05, 4.69) is 41.8 Å². The number of halogens is 1. The van der Waals surface area contributed by atoms with E-state index in [4.69, 9.17) is 0 Å². The molecule has 0 bridgehead atoms. The number of nitrogens with one attached hydrogen (secondary N) is 1. The summed E-state index contributed by atoms with van der Waals surface area (Å²) in [4.78, 5) is 12.0. The van der Waals surface area contributed by atoms with Crippen molar-refractivity contribution < 1.29 is 4.79 Å². The van der Waals surface area contributed by atoms with Gasteiger partial charge in [0.05, 0.1) is 0 Å². The number of amides is 1. The molecule has 1 amide bonds. The maximum absolute atomic E-state index is 12.0. The highest BCUT2D eigenvalue weighted by atomic mass is 127. The van der Waals surface area contributed by atoms with Crippen molar-refractivity contribution in [1.29, 1.82) is 0 Å². The Bertz CT molecular complexity index is 379. The maximum Gasteiger partial charge on any atom is 0.251 e. The first-order valence-electron chi connectivity index (χ1n) is 6.70. The predicted octanol–water partition coefficient (Wildman–Crippen LogP) is 4.38. The third-order valence-corrected chi connectivity index (χ3v) is 3.63. The van der Waals surface area contributed by atoms with Crippen molar-refractivity contribution in [1.82, 2.24) is 5.32 Å². The first-order valence-corrected chi connectivity index (χ1v) is 7.77. The summed E-state index contributed by atoms with van der Waals surface area (Å²) in [5.41, 5.74) is 0.752. The quantitative estimate of drug-likeness (QED) is 0.568. The number of carbonyl (C=O) groups is 1. The van der Waals surface area contributed by atoms with Gasteiger partial charge < -0.3 is 5.32 Å². The molecule has 0 saturated heterocycles. The van der Waals surface area contributed by atoms with Crippen molar-refractivity contribution in [3.05, 3.63) is 33.4 Å². The highest BCUT2D eigenvalue weighted by Crippen LogP contribution is 2.09. The molecule has 1 aromatic rings. The molecule has 0 aliphatic heterocycles. The Hall–Kier alpha value is -0.580. The van der Waals surface area contributed by atoms with E-state index in [9.17, 15) is 4.79 Å². The van der Waals surface area contributed by atoms with Crippen molar-refractivity contribution in [2.45, 2.75) is 52.0 Å². The fraction of sp³-hybridized carbons (Fsp3) is 0.533. The van der Waals surface area contributed by atoms with E-state index < -0.39 is 0 Å². The lowest BCUT2D eigenvalue weighted by atomic mass is 10.1. The Labute approximate surface area is 124 Å². The molecule has 0 fully saturated rings. The van der Waals surface area contributed by atoms with Crippen molar-refractivity contribution in [2.75, 3.05) is 0 Å². The number of carbonyl (C=O) groups excluding carboxylic acids is 1. The van der Waals surface area contributed by atoms with Crippen LogP contribution in [-0.2, 0) is 0 Å². The molecule has 0 aliphatic carbocycles. The molecule has 100 valence electrons. The number of rotatable bonds is 7. The number of hydrogen-bond donors (Lipinski definition) is 1. The van der Waals surface area contributed by atoms with E-state index in [-0.39, 0.29) is 11.9 Å². The van der Waals surface area contributed by atoms with Crippen LogP contribution in [0.3, 0.4) is 0 Å². The van der Waals surface area contributed by atoms with Crippen LogP contribution >= 0.6 is 22.6 Å². The molecule has 1 atom stereocenters. The lowest BCUT2D eigenvalue weighted by molar-refractivity contribution is 0.0938. The highest BCUT2D eigenvalue weighted by Gasteiger charge is 2.09. The highest BCUT2D eigenvalue weighted by molar-refractivity contribution is 14.1. The Morgan fingerprint density at radius 2 is 2.11 bits per heavy atom. The molecule has 0 heterocycles. The molecule has 1 unspecified atom stereocenters.